The highest BCUT2D eigenvalue weighted by atomic mass is 28.3. The molecule has 1 aliphatic carbocycles. The van der Waals surface area contributed by atoms with Crippen LogP contribution in [0.15, 0.2) is 40.5 Å². The van der Waals surface area contributed by atoms with E-state index in [2.05, 4.69) is 114 Å². The molecular weight excluding hydrogens is 380 g/mol. The lowest BCUT2D eigenvalue weighted by molar-refractivity contribution is 0.624. The lowest BCUT2D eigenvalue weighted by Gasteiger charge is -2.57. The SMILES string of the molecule is CC1=C(C)C(C)=C(C)[C]1[Si](c1cc(C)cc([Si](C)(C)C)c1)(C(C)(C)C)C(C)(C)C. The minimum absolute atomic E-state index is 0.207. The van der Waals surface area contributed by atoms with Crippen molar-refractivity contribution in [2.45, 2.75) is 106 Å². The average molecular weight is 426 g/mol. The maximum absolute atomic E-state index is 2.64. The first-order chi connectivity index (χ1) is 12.9. The lowest BCUT2D eigenvalue weighted by atomic mass is 10.1. The molecule has 0 atom stereocenters. The normalized spacial score (nSPS) is 17.6. The van der Waals surface area contributed by atoms with Gasteiger partial charge in [-0.2, -0.15) is 0 Å². The Balaban J connectivity index is 3.05. The van der Waals surface area contributed by atoms with Gasteiger partial charge in [-0.15, -0.1) is 0 Å². The van der Waals surface area contributed by atoms with Gasteiger partial charge in [0.25, 0.3) is 0 Å². The van der Waals surface area contributed by atoms with Crippen molar-refractivity contribution in [2.24, 2.45) is 0 Å². The Morgan fingerprint density at radius 2 is 0.931 bits per heavy atom. The van der Waals surface area contributed by atoms with Crippen molar-refractivity contribution in [2.75, 3.05) is 0 Å². The van der Waals surface area contributed by atoms with Crippen LogP contribution in [0.3, 0.4) is 0 Å². The Morgan fingerprint density at radius 1 is 0.552 bits per heavy atom. The molecule has 0 fully saturated rings. The lowest BCUT2D eigenvalue weighted by Crippen LogP contribution is -2.66. The largest absolute Gasteiger partial charge is 0.113 e. The van der Waals surface area contributed by atoms with Crippen molar-refractivity contribution < 1.29 is 0 Å². The fourth-order valence-corrected chi connectivity index (χ4v) is 15.6. The summed E-state index contributed by atoms with van der Waals surface area (Å²) in [6.07, 6.45) is 0. The van der Waals surface area contributed by atoms with E-state index in [-0.39, 0.29) is 10.1 Å². The molecule has 0 saturated heterocycles. The minimum atomic E-state index is -2.17. The van der Waals surface area contributed by atoms with E-state index in [1.165, 1.54) is 16.7 Å². The Labute approximate surface area is 183 Å². The molecule has 1 aliphatic rings. The van der Waals surface area contributed by atoms with Crippen LogP contribution in [0.2, 0.25) is 29.7 Å². The molecule has 1 aromatic rings. The van der Waals surface area contributed by atoms with Crippen LogP contribution in [0.4, 0.5) is 0 Å². The van der Waals surface area contributed by atoms with Gasteiger partial charge in [0.15, 0.2) is 0 Å². The third-order valence-corrected chi connectivity index (χ3v) is 16.6. The highest BCUT2D eigenvalue weighted by Gasteiger charge is 2.61. The zero-order valence-corrected chi connectivity index (χ0v) is 23.7. The molecule has 0 bridgehead atoms. The fraction of sp³-hybridized carbons (Fsp3) is 0.593. The third kappa shape index (κ3) is 3.80. The maximum atomic E-state index is 2.64. The average Bonchev–Trinajstić information content (AvgIpc) is 2.69. The van der Waals surface area contributed by atoms with Gasteiger partial charge in [-0.05, 0) is 55.8 Å². The van der Waals surface area contributed by atoms with Crippen LogP contribution in [0, 0.1) is 12.5 Å². The number of benzene rings is 1. The van der Waals surface area contributed by atoms with Crippen molar-refractivity contribution in [3.05, 3.63) is 51.6 Å². The number of aryl methyl sites for hydroxylation is 1. The molecule has 0 saturated carbocycles. The van der Waals surface area contributed by atoms with Crippen LogP contribution in [-0.2, 0) is 0 Å². The molecule has 0 N–H and O–H groups in total. The van der Waals surface area contributed by atoms with Crippen molar-refractivity contribution in [1.82, 2.24) is 0 Å². The highest BCUT2D eigenvalue weighted by molar-refractivity contribution is 7.02. The Bertz CT molecular complexity index is 823. The van der Waals surface area contributed by atoms with E-state index in [0.717, 1.165) is 0 Å². The Morgan fingerprint density at radius 3 is 1.28 bits per heavy atom. The third-order valence-electron chi connectivity index (χ3n) is 7.44. The molecule has 0 heterocycles. The predicted octanol–water partition coefficient (Wildman–Crippen LogP) is 7.60. The topological polar surface area (TPSA) is 0 Å². The quantitative estimate of drug-likeness (QED) is 0.437. The van der Waals surface area contributed by atoms with E-state index < -0.39 is 16.1 Å². The summed E-state index contributed by atoms with van der Waals surface area (Å²) in [5.74, 6) is 0. The molecule has 29 heavy (non-hydrogen) atoms. The monoisotopic (exact) mass is 425 g/mol. The summed E-state index contributed by atoms with van der Waals surface area (Å²) in [6, 6.07) is 7.64. The van der Waals surface area contributed by atoms with Gasteiger partial charge in [0, 0.05) is 5.54 Å². The molecule has 2 heteroatoms. The van der Waals surface area contributed by atoms with Crippen molar-refractivity contribution in [1.29, 1.82) is 0 Å². The molecule has 0 aromatic heterocycles. The number of rotatable bonds is 3. The van der Waals surface area contributed by atoms with E-state index in [0.29, 0.717) is 0 Å². The molecule has 1 aromatic carbocycles. The number of allylic oxidation sites excluding steroid dienone is 4. The highest BCUT2D eigenvalue weighted by Crippen LogP contribution is 2.60. The molecule has 1 radical (unpaired) electrons. The van der Waals surface area contributed by atoms with Gasteiger partial charge in [-0.25, -0.2) is 0 Å². The number of hydrogen-bond acceptors (Lipinski definition) is 0. The first-order valence-electron chi connectivity index (χ1n) is 11.2. The van der Waals surface area contributed by atoms with Crippen LogP contribution in [0.1, 0.15) is 74.8 Å². The number of hydrogen-bond donors (Lipinski definition) is 0. The molecule has 0 amide bonds. The summed E-state index contributed by atoms with van der Waals surface area (Å²) in [6.45, 7) is 34.3. The van der Waals surface area contributed by atoms with Gasteiger partial charge in [0.1, 0.15) is 8.07 Å². The zero-order chi connectivity index (χ0) is 22.7. The van der Waals surface area contributed by atoms with Crippen molar-refractivity contribution >= 4 is 26.5 Å². The second-order valence-corrected chi connectivity index (χ2v) is 23.1. The molecule has 0 unspecified atom stereocenters. The first kappa shape index (κ1) is 24.4. The van der Waals surface area contributed by atoms with Crippen LogP contribution >= 0.6 is 0 Å². The van der Waals surface area contributed by atoms with Crippen LogP contribution in [0.5, 0.6) is 0 Å². The van der Waals surface area contributed by atoms with Gasteiger partial charge < -0.3 is 0 Å². The smallest absolute Gasteiger partial charge is 0.0656 e. The van der Waals surface area contributed by atoms with Gasteiger partial charge >= 0.3 is 0 Å². The van der Waals surface area contributed by atoms with Crippen molar-refractivity contribution in [3.63, 3.8) is 0 Å². The standard InChI is InChI=1S/C27H45Si2/c1-18-15-23(28(12,13)14)17-24(16-18)29(26(6,7)8,27(9,10)11)25-21(4)19(2)20(3)22(25)5/h15-17H,1-14H3. The van der Waals surface area contributed by atoms with Crippen LogP contribution in [0.25, 0.3) is 0 Å². The summed E-state index contributed by atoms with van der Waals surface area (Å²) >= 11 is 0. The Hall–Kier alpha value is -0.866. The van der Waals surface area contributed by atoms with Gasteiger partial charge in [-0.1, -0.05) is 106 Å². The fourth-order valence-electron chi connectivity index (χ4n) is 6.10. The van der Waals surface area contributed by atoms with Crippen LogP contribution in [-0.4, -0.2) is 16.1 Å². The molecule has 0 nitrogen and oxygen atoms in total. The van der Waals surface area contributed by atoms with E-state index in [1.54, 1.807) is 27.1 Å². The second-order valence-electron chi connectivity index (χ2n) is 12.5. The predicted molar refractivity (Wildman–Crippen MR) is 139 cm³/mol. The summed E-state index contributed by atoms with van der Waals surface area (Å²) in [4.78, 5) is 0. The molecule has 0 aliphatic heterocycles. The molecule has 161 valence electrons. The molecular formula is C27H45Si2. The van der Waals surface area contributed by atoms with E-state index in [9.17, 15) is 0 Å². The summed E-state index contributed by atoms with van der Waals surface area (Å²) in [5.41, 5.74) is 9.24. The summed E-state index contributed by atoms with van der Waals surface area (Å²) in [7, 11) is -3.57. The molecule has 0 spiro atoms. The van der Waals surface area contributed by atoms with Gasteiger partial charge in [-0.3, -0.25) is 0 Å². The van der Waals surface area contributed by atoms with Gasteiger partial charge in [0.2, 0.25) is 0 Å². The van der Waals surface area contributed by atoms with Crippen LogP contribution < -0.4 is 10.4 Å². The second kappa shape index (κ2) is 7.37. The van der Waals surface area contributed by atoms with E-state index in [4.69, 9.17) is 0 Å². The minimum Gasteiger partial charge on any atom is -0.0656 e. The van der Waals surface area contributed by atoms with E-state index >= 15 is 0 Å². The summed E-state index contributed by atoms with van der Waals surface area (Å²) < 4.78 is 0. The van der Waals surface area contributed by atoms with Gasteiger partial charge in [0.05, 0.1) is 8.07 Å². The zero-order valence-electron chi connectivity index (χ0n) is 21.7. The van der Waals surface area contributed by atoms with Crippen molar-refractivity contribution in [3.8, 4) is 0 Å². The molecule has 2 rings (SSSR count). The van der Waals surface area contributed by atoms with E-state index in [1.807, 2.05) is 0 Å². The Kier molecular flexibility index (Phi) is 6.20. The first-order valence-corrected chi connectivity index (χ1v) is 16.7. The summed E-state index contributed by atoms with van der Waals surface area (Å²) in [5, 5.41) is 3.66. The maximum Gasteiger partial charge on any atom is 0.113 e.